The van der Waals surface area contributed by atoms with Crippen molar-refractivity contribution in [2.75, 3.05) is 19.6 Å². The summed E-state index contributed by atoms with van der Waals surface area (Å²) in [5, 5.41) is 2.78. The maximum Gasteiger partial charge on any atom is 0.326 e. The number of fused-ring (bicyclic) bond motifs is 1. The van der Waals surface area contributed by atoms with Crippen molar-refractivity contribution in [1.82, 2.24) is 24.7 Å². The van der Waals surface area contributed by atoms with Gasteiger partial charge in [-0.05, 0) is 50.3 Å². The van der Waals surface area contributed by atoms with Gasteiger partial charge in [-0.1, -0.05) is 42.5 Å². The Bertz CT molecular complexity index is 1320. The Labute approximate surface area is 202 Å². The average molecular weight is 476 g/mol. The van der Waals surface area contributed by atoms with Crippen LogP contribution in [-0.4, -0.2) is 62.4 Å². The Hall–Kier alpha value is -3.88. The first-order valence-electron chi connectivity index (χ1n) is 12.0. The standard InChI is InChI=1S/C26H29N5O4/c1-26(14-11-18-7-3-2-4-8-18)23(33)30(25(35)28-26)17-22(32)29-15-12-19(13-16-29)31-21-10-6-5-9-20(21)27-24(31)34/h2-10,19H,11-17H2,1H3,(H,27,34)(H,28,35)/t26-/m0/s1. The Kier molecular flexibility index (Phi) is 5.92. The summed E-state index contributed by atoms with van der Waals surface area (Å²) < 4.78 is 1.77. The number of H-pyrrole nitrogens is 1. The highest BCUT2D eigenvalue weighted by molar-refractivity contribution is 6.08. The lowest BCUT2D eigenvalue weighted by Gasteiger charge is -2.33. The molecule has 5 rings (SSSR count). The summed E-state index contributed by atoms with van der Waals surface area (Å²) >= 11 is 0. The first kappa shape index (κ1) is 22.9. The first-order chi connectivity index (χ1) is 16.9. The number of rotatable bonds is 6. The van der Waals surface area contributed by atoms with Crippen molar-refractivity contribution in [3.8, 4) is 0 Å². The fourth-order valence-corrected chi connectivity index (χ4v) is 5.14. The van der Waals surface area contributed by atoms with Crippen LogP contribution < -0.4 is 11.0 Å². The van der Waals surface area contributed by atoms with Crippen LogP contribution in [0.2, 0.25) is 0 Å². The number of carbonyl (C=O) groups is 3. The van der Waals surface area contributed by atoms with Gasteiger partial charge in [0.1, 0.15) is 12.1 Å². The number of hydrogen-bond acceptors (Lipinski definition) is 4. The second-order valence-corrected chi connectivity index (χ2v) is 9.57. The Morgan fingerprint density at radius 3 is 2.43 bits per heavy atom. The minimum atomic E-state index is -1.03. The molecule has 1 atom stereocenters. The number of aromatic amines is 1. The van der Waals surface area contributed by atoms with E-state index in [4.69, 9.17) is 0 Å². The van der Waals surface area contributed by atoms with Gasteiger partial charge in [0.05, 0.1) is 11.0 Å². The number of nitrogens with zero attached hydrogens (tertiary/aromatic N) is 3. The van der Waals surface area contributed by atoms with Gasteiger partial charge in [-0.3, -0.25) is 19.1 Å². The number of urea groups is 1. The molecule has 35 heavy (non-hydrogen) atoms. The van der Waals surface area contributed by atoms with Gasteiger partial charge in [0.15, 0.2) is 0 Å². The minimum absolute atomic E-state index is 0.0132. The molecule has 2 aliphatic heterocycles. The van der Waals surface area contributed by atoms with Gasteiger partial charge in [0, 0.05) is 19.1 Å². The normalized spacial score (nSPS) is 21.1. The van der Waals surface area contributed by atoms with E-state index in [-0.39, 0.29) is 30.1 Å². The van der Waals surface area contributed by atoms with E-state index in [1.807, 2.05) is 54.6 Å². The number of nitrogens with one attached hydrogen (secondary N) is 2. The maximum absolute atomic E-state index is 13.1. The highest BCUT2D eigenvalue weighted by Gasteiger charge is 2.48. The smallest absolute Gasteiger partial charge is 0.326 e. The van der Waals surface area contributed by atoms with Crippen LogP contribution in [0.1, 0.15) is 37.8 Å². The van der Waals surface area contributed by atoms with E-state index in [0.29, 0.717) is 38.8 Å². The summed E-state index contributed by atoms with van der Waals surface area (Å²) in [6, 6.07) is 16.8. The van der Waals surface area contributed by atoms with Crippen LogP contribution in [0.5, 0.6) is 0 Å². The van der Waals surface area contributed by atoms with Crippen molar-refractivity contribution in [1.29, 1.82) is 0 Å². The Balaban J connectivity index is 1.19. The number of amides is 4. The van der Waals surface area contributed by atoms with Crippen LogP contribution in [0.3, 0.4) is 0 Å². The molecule has 0 saturated carbocycles. The molecule has 182 valence electrons. The van der Waals surface area contributed by atoms with Gasteiger partial charge in [0.25, 0.3) is 5.91 Å². The van der Waals surface area contributed by atoms with E-state index in [1.54, 1.807) is 16.4 Å². The molecule has 9 nitrogen and oxygen atoms in total. The zero-order chi connectivity index (χ0) is 24.6. The molecule has 0 unspecified atom stereocenters. The lowest BCUT2D eigenvalue weighted by Crippen LogP contribution is -2.48. The number of piperidine rings is 1. The summed E-state index contributed by atoms with van der Waals surface area (Å²) in [7, 11) is 0. The number of aromatic nitrogens is 2. The van der Waals surface area contributed by atoms with Gasteiger partial charge in [-0.15, -0.1) is 0 Å². The molecule has 2 aliphatic rings. The number of aryl methyl sites for hydroxylation is 1. The molecule has 2 aromatic carbocycles. The van der Waals surface area contributed by atoms with E-state index in [2.05, 4.69) is 10.3 Å². The van der Waals surface area contributed by atoms with Crippen LogP contribution in [-0.2, 0) is 16.0 Å². The summed E-state index contributed by atoms with van der Waals surface area (Å²) in [6.45, 7) is 2.36. The SMILES string of the molecule is C[C@@]1(CCc2ccccc2)NC(=O)N(CC(=O)N2CCC(n3c(=O)[nH]c4ccccc43)CC2)C1=O. The highest BCUT2D eigenvalue weighted by Crippen LogP contribution is 2.26. The van der Waals surface area contributed by atoms with Crippen molar-refractivity contribution in [2.24, 2.45) is 0 Å². The quantitative estimate of drug-likeness (QED) is 0.534. The van der Waals surface area contributed by atoms with Gasteiger partial charge < -0.3 is 15.2 Å². The molecule has 9 heteroatoms. The molecule has 0 spiro atoms. The van der Waals surface area contributed by atoms with Gasteiger partial charge in [-0.2, -0.15) is 0 Å². The van der Waals surface area contributed by atoms with Crippen molar-refractivity contribution >= 4 is 28.9 Å². The second kappa shape index (κ2) is 9.05. The van der Waals surface area contributed by atoms with Crippen LogP contribution >= 0.6 is 0 Å². The molecule has 0 aliphatic carbocycles. The number of likely N-dealkylation sites (tertiary alicyclic amines) is 1. The summed E-state index contributed by atoms with van der Waals surface area (Å²) in [5.41, 5.74) is 1.56. The lowest BCUT2D eigenvalue weighted by molar-refractivity contribution is -0.139. The number of para-hydroxylation sites is 2. The van der Waals surface area contributed by atoms with Crippen molar-refractivity contribution in [3.05, 3.63) is 70.6 Å². The largest absolute Gasteiger partial charge is 0.341 e. The molecule has 4 amide bonds. The molecular weight excluding hydrogens is 446 g/mol. The number of imidazole rings is 1. The molecule has 0 bridgehead atoms. The second-order valence-electron chi connectivity index (χ2n) is 9.57. The summed E-state index contributed by atoms with van der Waals surface area (Å²) in [4.78, 5) is 56.7. The third kappa shape index (κ3) is 4.34. The molecule has 3 aromatic rings. The van der Waals surface area contributed by atoms with Crippen molar-refractivity contribution in [3.63, 3.8) is 0 Å². The third-order valence-corrected chi connectivity index (χ3v) is 7.20. The topological polar surface area (TPSA) is 108 Å². The molecule has 2 saturated heterocycles. The number of benzene rings is 2. The average Bonchev–Trinajstić information content (AvgIpc) is 3.31. The predicted molar refractivity (Wildman–Crippen MR) is 131 cm³/mol. The molecule has 3 heterocycles. The minimum Gasteiger partial charge on any atom is -0.341 e. The third-order valence-electron chi connectivity index (χ3n) is 7.20. The molecule has 0 radical (unpaired) electrons. The lowest BCUT2D eigenvalue weighted by atomic mass is 9.93. The first-order valence-corrected chi connectivity index (χ1v) is 12.0. The number of imide groups is 1. The van der Waals surface area contributed by atoms with Crippen molar-refractivity contribution in [2.45, 2.75) is 44.2 Å². The fourth-order valence-electron chi connectivity index (χ4n) is 5.14. The van der Waals surface area contributed by atoms with Gasteiger partial charge in [0.2, 0.25) is 5.91 Å². The van der Waals surface area contributed by atoms with E-state index in [0.717, 1.165) is 21.5 Å². The summed E-state index contributed by atoms with van der Waals surface area (Å²) in [5.74, 6) is -0.627. The molecule has 1 aromatic heterocycles. The van der Waals surface area contributed by atoms with Gasteiger partial charge >= 0.3 is 11.7 Å². The zero-order valence-corrected chi connectivity index (χ0v) is 19.7. The monoisotopic (exact) mass is 475 g/mol. The van der Waals surface area contributed by atoms with Crippen LogP contribution in [0.4, 0.5) is 4.79 Å². The number of carbonyl (C=O) groups excluding carboxylic acids is 3. The molecular formula is C26H29N5O4. The summed E-state index contributed by atoms with van der Waals surface area (Å²) in [6.07, 6.45) is 2.35. The Morgan fingerprint density at radius 2 is 1.69 bits per heavy atom. The zero-order valence-electron chi connectivity index (χ0n) is 19.7. The molecule has 2 fully saturated rings. The van der Waals surface area contributed by atoms with Crippen LogP contribution in [0, 0.1) is 0 Å². The van der Waals surface area contributed by atoms with Crippen LogP contribution in [0.25, 0.3) is 11.0 Å². The maximum atomic E-state index is 13.1. The number of hydrogen-bond donors (Lipinski definition) is 2. The van der Waals surface area contributed by atoms with E-state index < -0.39 is 11.6 Å². The highest BCUT2D eigenvalue weighted by atomic mass is 16.2. The van der Waals surface area contributed by atoms with E-state index >= 15 is 0 Å². The van der Waals surface area contributed by atoms with Crippen molar-refractivity contribution < 1.29 is 14.4 Å². The van der Waals surface area contributed by atoms with Crippen LogP contribution in [0.15, 0.2) is 59.4 Å². The fraction of sp³-hybridized carbons (Fsp3) is 0.385. The van der Waals surface area contributed by atoms with E-state index in [1.165, 1.54) is 0 Å². The van der Waals surface area contributed by atoms with Gasteiger partial charge in [-0.25, -0.2) is 9.59 Å². The molecule has 2 N–H and O–H groups in total. The van der Waals surface area contributed by atoms with E-state index in [9.17, 15) is 19.2 Å². The predicted octanol–water partition coefficient (Wildman–Crippen LogP) is 2.44. The Morgan fingerprint density at radius 1 is 1.00 bits per heavy atom.